The minimum absolute atomic E-state index is 0.0273. The summed E-state index contributed by atoms with van der Waals surface area (Å²) in [4.78, 5) is 0. The number of benzene rings is 1. The Balaban J connectivity index is 3.30. The van der Waals surface area contributed by atoms with Crippen LogP contribution in [-0.4, -0.2) is 17.2 Å². The van der Waals surface area contributed by atoms with Gasteiger partial charge in [-0.05, 0) is 24.6 Å². The highest BCUT2D eigenvalue weighted by molar-refractivity contribution is 6.30. The maximum Gasteiger partial charge on any atom is 0.433 e. The molecule has 20 heavy (non-hydrogen) atoms. The molecule has 1 aromatic rings. The molecule has 0 heterocycles. The number of nitrogens with two attached hydrogens (primary N) is 1. The van der Waals surface area contributed by atoms with Gasteiger partial charge in [-0.1, -0.05) is 23.4 Å². The monoisotopic (exact) mass is 325 g/mol. The Labute approximate surface area is 124 Å². The number of hydrogen-bond donors (Lipinski definition) is 2. The third-order valence-electron chi connectivity index (χ3n) is 2.52. The highest BCUT2D eigenvalue weighted by atomic mass is 35.5. The second-order valence-corrected chi connectivity index (χ2v) is 4.85. The predicted molar refractivity (Wildman–Crippen MR) is 73.5 cm³/mol. The van der Waals surface area contributed by atoms with Crippen LogP contribution < -0.4 is 5.73 Å². The number of aliphatic hydroxyl groups is 1. The molecule has 0 aliphatic carbocycles. The van der Waals surface area contributed by atoms with E-state index in [4.69, 9.17) is 28.9 Å². The van der Waals surface area contributed by atoms with Crippen LogP contribution in [0.2, 0.25) is 5.02 Å². The molecule has 0 aliphatic heterocycles. The van der Waals surface area contributed by atoms with E-state index in [1.165, 1.54) is 12.1 Å². The van der Waals surface area contributed by atoms with Gasteiger partial charge in [-0.15, -0.1) is 11.6 Å². The fourth-order valence-electron chi connectivity index (χ4n) is 1.48. The summed E-state index contributed by atoms with van der Waals surface area (Å²) >= 11 is 11.1. The van der Waals surface area contributed by atoms with E-state index < -0.39 is 17.3 Å². The van der Waals surface area contributed by atoms with Crippen LogP contribution in [0.1, 0.15) is 18.4 Å². The van der Waals surface area contributed by atoms with Gasteiger partial charge in [0.15, 0.2) is 0 Å². The number of halogens is 5. The van der Waals surface area contributed by atoms with Crippen molar-refractivity contribution in [3.05, 3.63) is 28.8 Å². The van der Waals surface area contributed by atoms with E-state index in [0.717, 1.165) is 6.07 Å². The molecule has 1 aromatic carbocycles. The van der Waals surface area contributed by atoms with E-state index in [2.05, 4.69) is 5.92 Å². The van der Waals surface area contributed by atoms with Crippen molar-refractivity contribution in [2.24, 2.45) is 0 Å². The minimum Gasteiger partial charge on any atom is -0.398 e. The predicted octanol–water partition coefficient (Wildman–Crippen LogP) is 3.69. The van der Waals surface area contributed by atoms with Gasteiger partial charge in [0.05, 0.1) is 0 Å². The molecule has 0 radical (unpaired) electrons. The topological polar surface area (TPSA) is 46.2 Å². The lowest BCUT2D eigenvalue weighted by Crippen LogP contribution is -2.41. The van der Waals surface area contributed by atoms with Crippen LogP contribution in [0.25, 0.3) is 0 Å². The third kappa shape index (κ3) is 3.72. The van der Waals surface area contributed by atoms with Crippen molar-refractivity contribution in [1.29, 1.82) is 0 Å². The maximum atomic E-state index is 13.1. The van der Waals surface area contributed by atoms with Crippen molar-refractivity contribution < 1.29 is 18.3 Å². The number of nitrogen functional groups attached to an aromatic ring is 1. The average Bonchev–Trinajstić information content (AvgIpc) is 2.36. The van der Waals surface area contributed by atoms with Crippen molar-refractivity contribution >= 4 is 28.9 Å². The van der Waals surface area contributed by atoms with Gasteiger partial charge in [0.25, 0.3) is 0 Å². The van der Waals surface area contributed by atoms with Gasteiger partial charge in [-0.3, -0.25) is 0 Å². The van der Waals surface area contributed by atoms with E-state index in [9.17, 15) is 18.3 Å². The lowest BCUT2D eigenvalue weighted by molar-refractivity contribution is -0.240. The van der Waals surface area contributed by atoms with Crippen LogP contribution in [-0.2, 0) is 5.60 Å². The molecule has 0 aliphatic rings. The Hall–Kier alpha value is -1.09. The average molecular weight is 326 g/mol. The second-order valence-electron chi connectivity index (χ2n) is 4.03. The summed E-state index contributed by atoms with van der Waals surface area (Å²) in [5, 5.41) is 9.98. The quantitative estimate of drug-likeness (QED) is 0.385. The van der Waals surface area contributed by atoms with Gasteiger partial charge in [-0.25, -0.2) is 0 Å². The van der Waals surface area contributed by atoms with E-state index in [0.29, 0.717) is 6.42 Å². The largest absolute Gasteiger partial charge is 0.433 e. The molecule has 0 saturated carbocycles. The molecule has 0 fully saturated rings. The highest BCUT2D eigenvalue weighted by Crippen LogP contribution is 2.41. The van der Waals surface area contributed by atoms with Crippen LogP contribution in [0.5, 0.6) is 0 Å². The van der Waals surface area contributed by atoms with E-state index >= 15 is 0 Å². The van der Waals surface area contributed by atoms with Crippen LogP contribution >= 0.6 is 23.2 Å². The Kier molecular flexibility index (Phi) is 5.58. The first-order valence-corrected chi connectivity index (χ1v) is 6.54. The maximum absolute atomic E-state index is 13.1. The van der Waals surface area contributed by atoms with Crippen molar-refractivity contribution in [2.75, 3.05) is 11.6 Å². The molecule has 0 saturated heterocycles. The van der Waals surface area contributed by atoms with Gasteiger partial charge in [0.2, 0.25) is 5.60 Å². The van der Waals surface area contributed by atoms with Crippen LogP contribution in [0.3, 0.4) is 0 Å². The molecule has 110 valence electrons. The summed E-state index contributed by atoms with van der Waals surface area (Å²) in [5.74, 6) is 4.39. The van der Waals surface area contributed by atoms with Crippen LogP contribution in [0, 0.1) is 11.8 Å². The summed E-state index contributed by atoms with van der Waals surface area (Å²) in [5.41, 5.74) is 1.33. The van der Waals surface area contributed by atoms with Crippen molar-refractivity contribution in [1.82, 2.24) is 0 Å². The normalized spacial score (nSPS) is 14.3. The van der Waals surface area contributed by atoms with Gasteiger partial charge >= 0.3 is 6.18 Å². The van der Waals surface area contributed by atoms with E-state index in [1.54, 1.807) is 0 Å². The fourth-order valence-corrected chi connectivity index (χ4v) is 1.78. The third-order valence-corrected chi connectivity index (χ3v) is 3.02. The number of anilines is 1. The summed E-state index contributed by atoms with van der Waals surface area (Å²) in [6, 6.07) is 3.48. The summed E-state index contributed by atoms with van der Waals surface area (Å²) in [6.45, 7) is 0. The van der Waals surface area contributed by atoms with Crippen molar-refractivity contribution in [3.8, 4) is 11.8 Å². The van der Waals surface area contributed by atoms with Crippen molar-refractivity contribution in [2.45, 2.75) is 24.6 Å². The Morgan fingerprint density at radius 2 is 1.95 bits per heavy atom. The van der Waals surface area contributed by atoms with Crippen LogP contribution in [0.4, 0.5) is 18.9 Å². The SMILES string of the molecule is Nc1ccc(Cl)cc1[C@@](O)(C#CCCCCl)C(F)(F)F. The standard InChI is InChI=1S/C13H12Cl2F3NO/c14-7-3-1-2-6-12(20,13(16,17)18)10-8-9(15)4-5-11(10)19/h4-5,8,20H,1,3,7,19H2/t12-/m0/s1. The van der Waals surface area contributed by atoms with Gasteiger partial charge < -0.3 is 10.8 Å². The Morgan fingerprint density at radius 3 is 2.50 bits per heavy atom. The molecule has 7 heteroatoms. The fraction of sp³-hybridized carbons (Fsp3) is 0.385. The molecule has 0 unspecified atom stereocenters. The molecule has 0 amide bonds. The molecule has 0 aromatic heterocycles. The Morgan fingerprint density at radius 1 is 1.30 bits per heavy atom. The van der Waals surface area contributed by atoms with Gasteiger partial charge in [0.1, 0.15) is 0 Å². The number of unbranched alkanes of at least 4 members (excludes halogenated alkanes) is 1. The smallest absolute Gasteiger partial charge is 0.398 e. The highest BCUT2D eigenvalue weighted by Gasteiger charge is 2.55. The first kappa shape index (κ1) is 17.0. The van der Waals surface area contributed by atoms with Gasteiger partial charge in [0, 0.05) is 28.6 Å². The molecule has 0 bridgehead atoms. The molecule has 1 atom stereocenters. The molecule has 3 N–H and O–H groups in total. The van der Waals surface area contributed by atoms with Crippen molar-refractivity contribution in [3.63, 3.8) is 0 Å². The molecule has 2 nitrogen and oxygen atoms in total. The van der Waals surface area contributed by atoms with Gasteiger partial charge in [-0.2, -0.15) is 13.2 Å². The first-order chi connectivity index (χ1) is 9.22. The number of hydrogen-bond acceptors (Lipinski definition) is 2. The Bertz CT molecular complexity index is 537. The first-order valence-electron chi connectivity index (χ1n) is 5.63. The van der Waals surface area contributed by atoms with Crippen LogP contribution in [0.15, 0.2) is 18.2 Å². The van der Waals surface area contributed by atoms with E-state index in [-0.39, 0.29) is 23.0 Å². The zero-order chi connectivity index (χ0) is 15.4. The number of alkyl halides is 4. The molecular formula is C13H12Cl2F3NO. The lowest BCUT2D eigenvalue weighted by atomic mass is 9.92. The van der Waals surface area contributed by atoms with E-state index in [1.807, 2.05) is 5.92 Å². The molecular weight excluding hydrogens is 314 g/mol. The summed E-state index contributed by atoms with van der Waals surface area (Å²) < 4.78 is 39.4. The number of rotatable bonds is 3. The molecule has 0 spiro atoms. The zero-order valence-corrected chi connectivity index (χ0v) is 11.8. The summed E-state index contributed by atoms with van der Waals surface area (Å²) in [6.07, 6.45) is -4.43. The zero-order valence-electron chi connectivity index (χ0n) is 10.3. The second kappa shape index (κ2) is 6.57. The summed E-state index contributed by atoms with van der Waals surface area (Å²) in [7, 11) is 0. The lowest BCUT2D eigenvalue weighted by Gasteiger charge is -2.27. The minimum atomic E-state index is -5.00. The molecule has 1 rings (SSSR count).